The molecule has 0 spiro atoms. The maximum Gasteiger partial charge on any atom is 0.521 e. The van der Waals surface area contributed by atoms with Gasteiger partial charge in [0.2, 0.25) is 6.04 Å². The number of hydroxylamine groups is 3. The van der Waals surface area contributed by atoms with Gasteiger partial charge in [-0.25, -0.2) is 4.57 Å². The van der Waals surface area contributed by atoms with Gasteiger partial charge in [-0.15, -0.1) is 0 Å². The molecule has 178 valence electrons. The van der Waals surface area contributed by atoms with Crippen molar-refractivity contribution in [2.75, 3.05) is 33.9 Å². The van der Waals surface area contributed by atoms with Crippen molar-refractivity contribution < 1.29 is 27.5 Å². The fraction of sp³-hybridized carbons (Fsp3) is 0.957. The van der Waals surface area contributed by atoms with Crippen LogP contribution in [-0.2, 0) is 18.2 Å². The van der Waals surface area contributed by atoms with Gasteiger partial charge in [-0.3, -0.25) is 9.05 Å². The Labute approximate surface area is 186 Å². The van der Waals surface area contributed by atoms with Gasteiger partial charge in [-0.2, -0.15) is 4.58 Å². The van der Waals surface area contributed by atoms with Crippen molar-refractivity contribution in [3.63, 3.8) is 0 Å². The predicted molar refractivity (Wildman–Crippen MR) is 125 cm³/mol. The van der Waals surface area contributed by atoms with Crippen LogP contribution >= 0.6 is 7.82 Å². The molecule has 0 fully saturated rings. The summed E-state index contributed by atoms with van der Waals surface area (Å²) in [7, 11) is 0.309. The summed E-state index contributed by atoms with van der Waals surface area (Å²) in [5.41, 5.74) is 0. The molecule has 0 aromatic carbocycles. The van der Waals surface area contributed by atoms with Crippen LogP contribution in [0.3, 0.4) is 0 Å². The standard InChI is InChI=1S/C23H49N2O4P/c1-9-13-15-22(11-3)18-27-30(26,28-19-23(12-4)16-14-10-2)29-25(8)17-20(5)24(7)21(25)6/h20,22-23H,9-19H2,1-8H3/q+2. The minimum absolute atomic E-state index is 0.145. The second-order valence-electron chi connectivity index (χ2n) is 9.24. The van der Waals surface area contributed by atoms with Crippen molar-refractivity contribution in [2.45, 2.75) is 99.0 Å². The Bertz CT molecular complexity index is 560. The summed E-state index contributed by atoms with van der Waals surface area (Å²) in [4.78, 5) is 0. The number of amidine groups is 1. The Morgan fingerprint density at radius 1 is 1.03 bits per heavy atom. The van der Waals surface area contributed by atoms with Crippen LogP contribution in [0.4, 0.5) is 0 Å². The van der Waals surface area contributed by atoms with Crippen molar-refractivity contribution in [1.82, 2.24) is 0 Å². The van der Waals surface area contributed by atoms with E-state index in [2.05, 4.69) is 46.2 Å². The molecule has 1 heterocycles. The van der Waals surface area contributed by atoms with E-state index in [1.807, 2.05) is 14.0 Å². The number of likely N-dealkylation sites (N-methyl/N-ethyl adjacent to an activating group) is 2. The molecule has 1 rings (SSSR count). The van der Waals surface area contributed by atoms with Gasteiger partial charge in [-0.1, -0.05) is 75.5 Å². The van der Waals surface area contributed by atoms with Crippen molar-refractivity contribution in [2.24, 2.45) is 11.8 Å². The molecule has 7 heteroatoms. The van der Waals surface area contributed by atoms with Crippen molar-refractivity contribution in [3.05, 3.63) is 0 Å². The number of hydrogen-bond donors (Lipinski definition) is 0. The molecule has 0 saturated heterocycles. The van der Waals surface area contributed by atoms with E-state index < -0.39 is 7.82 Å². The zero-order valence-electron chi connectivity index (χ0n) is 21.0. The molecule has 0 N–H and O–H groups in total. The fourth-order valence-corrected chi connectivity index (χ4v) is 5.58. The largest absolute Gasteiger partial charge is 0.521 e. The van der Waals surface area contributed by atoms with Gasteiger partial charge in [0.05, 0.1) is 20.1 Å². The third-order valence-corrected chi connectivity index (χ3v) is 8.26. The Balaban J connectivity index is 2.93. The van der Waals surface area contributed by atoms with Gasteiger partial charge in [0.15, 0.2) is 6.54 Å². The number of phosphoric ester groups is 1. The lowest BCUT2D eigenvalue weighted by Gasteiger charge is -2.28. The van der Waals surface area contributed by atoms with Crippen molar-refractivity contribution in [3.8, 4) is 0 Å². The SMILES string of the molecule is CCCCC(CC)COP(=O)(OCC(CC)CCCC)O[N+]1(C)CC(C)[N+](C)=C1C. The highest BCUT2D eigenvalue weighted by Gasteiger charge is 2.52. The number of quaternary nitrogens is 1. The van der Waals surface area contributed by atoms with Gasteiger partial charge in [0.1, 0.15) is 14.1 Å². The molecular formula is C23H49N2O4P+2. The molecule has 0 aromatic rings. The Morgan fingerprint density at radius 3 is 1.83 bits per heavy atom. The molecule has 0 aromatic heterocycles. The smallest absolute Gasteiger partial charge is 0.284 e. The summed E-state index contributed by atoms with van der Waals surface area (Å²) < 4.78 is 34.3. The first-order chi connectivity index (χ1) is 14.1. The zero-order valence-corrected chi connectivity index (χ0v) is 21.9. The number of hydrogen-bond acceptors (Lipinski definition) is 4. The Morgan fingerprint density at radius 2 is 1.50 bits per heavy atom. The molecule has 0 amide bonds. The number of phosphoric acid groups is 1. The minimum Gasteiger partial charge on any atom is -0.284 e. The van der Waals surface area contributed by atoms with E-state index in [1.54, 1.807) is 0 Å². The van der Waals surface area contributed by atoms with Crippen LogP contribution in [0, 0.1) is 11.8 Å². The van der Waals surface area contributed by atoms with Crippen LogP contribution in [-0.4, -0.2) is 55.0 Å². The molecule has 6 nitrogen and oxygen atoms in total. The lowest BCUT2D eigenvalue weighted by atomic mass is 10.0. The highest BCUT2D eigenvalue weighted by Crippen LogP contribution is 2.53. The average molecular weight is 449 g/mol. The van der Waals surface area contributed by atoms with Gasteiger partial charge < -0.3 is 0 Å². The van der Waals surface area contributed by atoms with E-state index in [-0.39, 0.29) is 4.65 Å². The zero-order chi connectivity index (χ0) is 22.8. The number of nitrogens with zero attached hydrogens (tertiary/aromatic N) is 2. The third-order valence-electron chi connectivity index (χ3n) is 6.77. The highest BCUT2D eigenvalue weighted by atomic mass is 31.2. The number of rotatable bonds is 16. The quantitative estimate of drug-likeness (QED) is 0.156. The first-order valence-electron chi connectivity index (χ1n) is 12.2. The lowest BCUT2D eigenvalue weighted by molar-refractivity contribution is -0.992. The summed E-state index contributed by atoms with van der Waals surface area (Å²) in [5.74, 6) is 1.78. The number of unbranched alkanes of at least 4 members (excludes halogenated alkanes) is 2. The molecule has 0 radical (unpaired) electrons. The molecular weight excluding hydrogens is 399 g/mol. The average Bonchev–Trinajstić information content (AvgIpc) is 2.90. The maximum absolute atomic E-state index is 13.8. The summed E-state index contributed by atoms with van der Waals surface area (Å²) in [6.45, 7) is 14.5. The monoisotopic (exact) mass is 448 g/mol. The maximum atomic E-state index is 13.8. The van der Waals surface area contributed by atoms with Crippen molar-refractivity contribution in [1.29, 1.82) is 0 Å². The first kappa shape index (κ1) is 27.8. The molecule has 0 saturated carbocycles. The van der Waals surface area contributed by atoms with Gasteiger partial charge in [-0.05, 0) is 24.7 Å². The van der Waals surface area contributed by atoms with Crippen LogP contribution < -0.4 is 0 Å². The van der Waals surface area contributed by atoms with E-state index in [0.29, 0.717) is 31.1 Å². The van der Waals surface area contributed by atoms with Crippen LogP contribution in [0.2, 0.25) is 0 Å². The lowest BCUT2D eigenvalue weighted by Crippen LogP contribution is -2.46. The van der Waals surface area contributed by atoms with E-state index in [4.69, 9.17) is 13.7 Å². The van der Waals surface area contributed by atoms with Gasteiger partial charge >= 0.3 is 13.7 Å². The second-order valence-corrected chi connectivity index (χ2v) is 10.8. The van der Waals surface area contributed by atoms with Crippen molar-refractivity contribution >= 4 is 13.7 Å². The van der Waals surface area contributed by atoms with Gasteiger partial charge in [0.25, 0.3) is 0 Å². The van der Waals surface area contributed by atoms with Crippen LogP contribution in [0.15, 0.2) is 0 Å². The second kappa shape index (κ2) is 13.3. The predicted octanol–water partition coefficient (Wildman–Crippen LogP) is 6.40. The van der Waals surface area contributed by atoms with E-state index in [1.165, 1.54) is 0 Å². The Hall–Kier alpha value is -0.260. The first-order valence-corrected chi connectivity index (χ1v) is 13.6. The normalized spacial score (nSPS) is 26.1. The molecule has 0 bridgehead atoms. The van der Waals surface area contributed by atoms with Crippen LogP contribution in [0.25, 0.3) is 0 Å². The molecule has 4 atom stereocenters. The molecule has 30 heavy (non-hydrogen) atoms. The molecule has 1 aliphatic rings. The summed E-state index contributed by atoms with van der Waals surface area (Å²) in [6, 6.07) is 0.310. The van der Waals surface area contributed by atoms with Crippen LogP contribution in [0.1, 0.15) is 92.9 Å². The molecule has 1 aliphatic heterocycles. The van der Waals surface area contributed by atoms with E-state index >= 15 is 0 Å². The van der Waals surface area contributed by atoms with E-state index in [9.17, 15) is 4.57 Å². The summed E-state index contributed by atoms with van der Waals surface area (Å²) in [6.07, 6.45) is 8.80. The van der Waals surface area contributed by atoms with Crippen LogP contribution in [0.5, 0.6) is 0 Å². The highest BCUT2D eigenvalue weighted by molar-refractivity contribution is 7.48. The van der Waals surface area contributed by atoms with Gasteiger partial charge in [0, 0.05) is 6.92 Å². The summed E-state index contributed by atoms with van der Waals surface area (Å²) >= 11 is 0. The summed E-state index contributed by atoms with van der Waals surface area (Å²) in [5, 5.41) is 0. The fourth-order valence-electron chi connectivity index (χ4n) is 4.00. The molecule has 4 unspecified atom stereocenters. The topological polar surface area (TPSA) is 47.8 Å². The van der Waals surface area contributed by atoms with E-state index in [0.717, 1.165) is 63.7 Å². The molecule has 0 aliphatic carbocycles. The minimum atomic E-state index is -3.70. The third kappa shape index (κ3) is 8.35. The Kier molecular flexibility index (Phi) is 12.3.